The third-order valence-corrected chi connectivity index (χ3v) is 7.55. The third kappa shape index (κ3) is 5.85. The lowest BCUT2D eigenvalue weighted by molar-refractivity contribution is 0.0341. The number of morpholine rings is 1. The summed E-state index contributed by atoms with van der Waals surface area (Å²) in [5, 5.41) is -0.0399. The molecular formula is C30H30ClN5O5. The van der Waals surface area contributed by atoms with Crippen LogP contribution in [0.25, 0.3) is 17.1 Å². The smallest absolute Gasteiger partial charge is 0.266 e. The molecular weight excluding hydrogens is 546 g/mol. The minimum absolute atomic E-state index is 0.0399. The molecule has 212 valence electrons. The molecule has 0 radical (unpaired) electrons. The van der Waals surface area contributed by atoms with Gasteiger partial charge in [-0.2, -0.15) is 0 Å². The molecule has 1 N–H and O–H groups in total. The number of benzene rings is 2. The third-order valence-electron chi connectivity index (χ3n) is 7.27. The summed E-state index contributed by atoms with van der Waals surface area (Å²) in [4.78, 5) is 36.8. The lowest BCUT2D eigenvalue weighted by Crippen LogP contribution is -2.36. The molecule has 4 heterocycles. The van der Waals surface area contributed by atoms with Crippen molar-refractivity contribution in [3.05, 3.63) is 93.1 Å². The largest absolute Gasteiger partial charge is 0.493 e. The summed E-state index contributed by atoms with van der Waals surface area (Å²) in [6.07, 6.45) is 5.10. The maximum absolute atomic E-state index is 13.7. The van der Waals surface area contributed by atoms with Crippen LogP contribution in [-0.2, 0) is 17.8 Å². The number of carbonyl (C=O) groups is 1. The van der Waals surface area contributed by atoms with Crippen LogP contribution >= 0.6 is 11.6 Å². The van der Waals surface area contributed by atoms with Gasteiger partial charge in [0.05, 0.1) is 32.4 Å². The highest BCUT2D eigenvalue weighted by Crippen LogP contribution is 2.33. The molecule has 0 aliphatic carbocycles. The Morgan fingerprint density at radius 2 is 1.95 bits per heavy atom. The number of halogens is 1. The van der Waals surface area contributed by atoms with Gasteiger partial charge in [0.25, 0.3) is 11.5 Å². The van der Waals surface area contributed by atoms with Gasteiger partial charge in [-0.05, 0) is 47.5 Å². The zero-order valence-electron chi connectivity index (χ0n) is 22.6. The Balaban J connectivity index is 1.45. The molecule has 2 aliphatic rings. The van der Waals surface area contributed by atoms with Gasteiger partial charge in [-0.3, -0.25) is 19.1 Å². The number of rotatable bonds is 4. The van der Waals surface area contributed by atoms with Crippen LogP contribution in [0.5, 0.6) is 11.5 Å². The van der Waals surface area contributed by atoms with Crippen molar-refractivity contribution in [1.82, 2.24) is 24.3 Å². The number of H-pyrrole nitrogens is 1. The van der Waals surface area contributed by atoms with Gasteiger partial charge in [0.1, 0.15) is 17.5 Å². The van der Waals surface area contributed by atoms with Crippen molar-refractivity contribution in [3.8, 4) is 28.6 Å². The van der Waals surface area contributed by atoms with Gasteiger partial charge in [-0.1, -0.05) is 17.7 Å². The van der Waals surface area contributed by atoms with E-state index in [1.54, 1.807) is 18.2 Å². The van der Waals surface area contributed by atoms with E-state index < -0.39 is 5.56 Å². The van der Waals surface area contributed by atoms with Crippen LogP contribution in [0, 0.1) is 0 Å². The van der Waals surface area contributed by atoms with Gasteiger partial charge in [-0.15, -0.1) is 0 Å². The molecule has 0 saturated carbocycles. The van der Waals surface area contributed by atoms with E-state index in [9.17, 15) is 9.59 Å². The first-order valence-electron chi connectivity index (χ1n) is 13.4. The van der Waals surface area contributed by atoms with E-state index in [1.165, 1.54) is 12.3 Å². The number of nitrogens with zero attached hydrogens (tertiary/aromatic N) is 4. The fourth-order valence-corrected chi connectivity index (χ4v) is 5.41. The average molecular weight is 576 g/mol. The SMILES string of the molecule is COc1ccc2cc1OCCN(C(=O)c1c[nH]c(=O)c(Cl)c1)Cc1cc(CN3CCOCC3)cc(c1)-n1ccnc1-2. The Morgan fingerprint density at radius 3 is 2.76 bits per heavy atom. The fraction of sp³-hybridized carbons (Fsp3) is 0.300. The highest BCUT2D eigenvalue weighted by molar-refractivity contribution is 6.30. The highest BCUT2D eigenvalue weighted by atomic mass is 35.5. The van der Waals surface area contributed by atoms with E-state index in [0.29, 0.717) is 36.8 Å². The van der Waals surface area contributed by atoms with Crippen molar-refractivity contribution in [2.24, 2.45) is 0 Å². The molecule has 4 aromatic rings. The molecule has 6 rings (SSSR count). The summed E-state index contributed by atoms with van der Waals surface area (Å²) >= 11 is 6.06. The minimum Gasteiger partial charge on any atom is -0.493 e. The first kappa shape index (κ1) is 27.1. The maximum Gasteiger partial charge on any atom is 0.266 e. The van der Waals surface area contributed by atoms with E-state index in [-0.39, 0.29) is 24.1 Å². The summed E-state index contributed by atoms with van der Waals surface area (Å²) < 4.78 is 19.3. The molecule has 2 aromatic heterocycles. The first-order chi connectivity index (χ1) is 20.0. The molecule has 1 amide bonds. The van der Waals surface area contributed by atoms with E-state index in [0.717, 1.165) is 47.8 Å². The molecule has 0 atom stereocenters. The van der Waals surface area contributed by atoms with Gasteiger partial charge in [0, 0.05) is 56.0 Å². The fourth-order valence-electron chi connectivity index (χ4n) is 5.24. The number of nitrogens with one attached hydrogen (secondary N) is 1. The second-order valence-corrected chi connectivity index (χ2v) is 10.4. The number of aromatic nitrogens is 3. The standard InChI is InChI=1S/C30H30ClN5O5/c1-39-26-3-2-22-16-27(26)41-11-8-35(30(38)23-15-25(31)29(37)33-17-23)19-21-12-20(18-34-6-9-40-10-7-34)13-24(14-21)36-5-4-32-28(22)36/h2-5,12-17H,6-11,18-19H2,1H3,(H,33,37). The van der Waals surface area contributed by atoms with Gasteiger partial charge in [0.2, 0.25) is 0 Å². The van der Waals surface area contributed by atoms with E-state index in [4.69, 9.17) is 25.8 Å². The highest BCUT2D eigenvalue weighted by Gasteiger charge is 2.21. The van der Waals surface area contributed by atoms with E-state index in [2.05, 4.69) is 33.1 Å². The van der Waals surface area contributed by atoms with Crippen molar-refractivity contribution in [1.29, 1.82) is 0 Å². The zero-order chi connectivity index (χ0) is 28.3. The number of fused-ring (bicyclic) bond motifs is 7. The zero-order valence-corrected chi connectivity index (χ0v) is 23.4. The average Bonchev–Trinajstić information content (AvgIpc) is 3.48. The molecule has 1 saturated heterocycles. The van der Waals surface area contributed by atoms with Gasteiger partial charge in [-0.25, -0.2) is 4.98 Å². The van der Waals surface area contributed by atoms with Crippen LogP contribution in [0.2, 0.25) is 5.02 Å². The summed E-state index contributed by atoms with van der Waals surface area (Å²) in [5.74, 6) is 1.63. The second-order valence-electron chi connectivity index (χ2n) is 10.0. The Morgan fingerprint density at radius 1 is 1.10 bits per heavy atom. The predicted molar refractivity (Wildman–Crippen MR) is 154 cm³/mol. The van der Waals surface area contributed by atoms with Crippen molar-refractivity contribution in [3.63, 3.8) is 0 Å². The molecule has 11 heteroatoms. The van der Waals surface area contributed by atoms with E-state index in [1.807, 2.05) is 29.0 Å². The van der Waals surface area contributed by atoms with Gasteiger partial charge >= 0.3 is 0 Å². The Kier molecular flexibility index (Phi) is 7.78. The molecule has 10 nitrogen and oxygen atoms in total. The normalized spacial score (nSPS) is 15.6. The lowest BCUT2D eigenvalue weighted by atomic mass is 10.1. The molecule has 41 heavy (non-hydrogen) atoms. The summed E-state index contributed by atoms with van der Waals surface area (Å²) in [7, 11) is 1.59. The molecule has 2 aliphatic heterocycles. The monoisotopic (exact) mass is 575 g/mol. The lowest BCUT2D eigenvalue weighted by Gasteiger charge is -2.27. The predicted octanol–water partition coefficient (Wildman–Crippen LogP) is 3.76. The number of pyridine rings is 1. The molecule has 0 spiro atoms. The van der Waals surface area contributed by atoms with Gasteiger partial charge < -0.3 is 24.1 Å². The molecule has 1 fully saturated rings. The van der Waals surface area contributed by atoms with Crippen molar-refractivity contribution < 1.29 is 19.0 Å². The minimum atomic E-state index is -0.444. The summed E-state index contributed by atoms with van der Waals surface area (Å²) in [6.45, 7) is 4.73. The van der Waals surface area contributed by atoms with Crippen LogP contribution in [0.3, 0.4) is 0 Å². The van der Waals surface area contributed by atoms with Crippen molar-refractivity contribution in [2.75, 3.05) is 46.6 Å². The number of amides is 1. The van der Waals surface area contributed by atoms with Crippen LogP contribution in [0.4, 0.5) is 0 Å². The number of hydrogen-bond acceptors (Lipinski definition) is 7. The van der Waals surface area contributed by atoms with E-state index >= 15 is 0 Å². The Labute approximate surface area is 242 Å². The quantitative estimate of drug-likeness (QED) is 0.395. The molecule has 2 aromatic carbocycles. The Hall–Kier alpha value is -4.12. The van der Waals surface area contributed by atoms with Crippen LogP contribution in [-0.4, -0.2) is 76.8 Å². The Bertz CT molecular complexity index is 1630. The number of methoxy groups -OCH3 is 1. The van der Waals surface area contributed by atoms with Crippen LogP contribution in [0.1, 0.15) is 21.5 Å². The number of ether oxygens (including phenoxy) is 3. The number of hydrogen-bond donors (Lipinski definition) is 1. The number of aromatic amines is 1. The number of carbonyl (C=O) groups excluding carboxylic acids is 1. The maximum atomic E-state index is 13.7. The summed E-state index contributed by atoms with van der Waals surface area (Å²) in [5.41, 5.74) is 3.74. The molecule has 4 bridgehead atoms. The second kappa shape index (κ2) is 11.8. The van der Waals surface area contributed by atoms with Gasteiger partial charge in [0.15, 0.2) is 11.5 Å². The van der Waals surface area contributed by atoms with Crippen LogP contribution < -0.4 is 15.0 Å². The summed E-state index contributed by atoms with van der Waals surface area (Å²) in [6, 6.07) is 13.5. The molecule has 0 unspecified atom stereocenters. The first-order valence-corrected chi connectivity index (χ1v) is 13.8. The topological polar surface area (TPSA) is 102 Å². The number of imidazole rings is 1. The van der Waals surface area contributed by atoms with Crippen LogP contribution in [0.15, 0.2) is 65.8 Å². The van der Waals surface area contributed by atoms with Crippen molar-refractivity contribution in [2.45, 2.75) is 13.1 Å². The van der Waals surface area contributed by atoms with Crippen molar-refractivity contribution >= 4 is 17.5 Å².